The Bertz CT molecular complexity index is 1060. The van der Waals surface area contributed by atoms with Gasteiger partial charge in [-0.2, -0.15) is 0 Å². The molecule has 3 aromatic rings. The molecule has 0 bridgehead atoms. The first-order valence-corrected chi connectivity index (χ1v) is 10.4. The van der Waals surface area contributed by atoms with Gasteiger partial charge < -0.3 is 14.2 Å². The summed E-state index contributed by atoms with van der Waals surface area (Å²) in [5, 5.41) is 0. The van der Waals surface area contributed by atoms with Gasteiger partial charge in [0.25, 0.3) is 0 Å². The highest BCUT2D eigenvalue weighted by Crippen LogP contribution is 2.34. The third kappa shape index (κ3) is 4.51. The number of nitrogens with zero attached hydrogens (tertiary/aromatic N) is 3. The molecule has 2 aliphatic heterocycles. The van der Waals surface area contributed by atoms with E-state index in [0.29, 0.717) is 28.8 Å². The van der Waals surface area contributed by atoms with Crippen LogP contribution in [0.1, 0.15) is 28.8 Å². The van der Waals surface area contributed by atoms with Gasteiger partial charge in [0.2, 0.25) is 6.79 Å². The van der Waals surface area contributed by atoms with Gasteiger partial charge in [0, 0.05) is 37.0 Å². The van der Waals surface area contributed by atoms with E-state index in [-0.39, 0.29) is 18.5 Å². The maximum atomic E-state index is 13.1. The van der Waals surface area contributed by atoms with E-state index in [4.69, 9.17) is 14.2 Å². The van der Waals surface area contributed by atoms with Crippen molar-refractivity contribution >= 4 is 5.78 Å². The summed E-state index contributed by atoms with van der Waals surface area (Å²) in [5.74, 6) is 2.22. The van der Waals surface area contributed by atoms with Crippen LogP contribution in [-0.2, 0) is 6.54 Å². The monoisotopic (exact) mass is 417 g/mol. The Morgan fingerprint density at radius 2 is 1.87 bits per heavy atom. The lowest BCUT2D eigenvalue weighted by atomic mass is 9.89. The van der Waals surface area contributed by atoms with E-state index in [1.807, 2.05) is 36.4 Å². The van der Waals surface area contributed by atoms with Crippen LogP contribution in [0.5, 0.6) is 23.3 Å². The Morgan fingerprint density at radius 1 is 1.06 bits per heavy atom. The van der Waals surface area contributed by atoms with Gasteiger partial charge in [0.15, 0.2) is 17.3 Å². The van der Waals surface area contributed by atoms with Crippen molar-refractivity contribution in [2.75, 3.05) is 19.9 Å². The molecule has 0 spiro atoms. The number of benzene rings is 2. The number of piperidine rings is 1. The SMILES string of the molecule is O=C(c1ccc2c(c1)OCO2)C1CCCN(Cc2ccc(Oc3ncccn3)cc2)C1. The zero-order valence-electron chi connectivity index (χ0n) is 17.1. The van der Waals surface area contributed by atoms with Crippen molar-refractivity contribution in [3.05, 3.63) is 72.1 Å². The van der Waals surface area contributed by atoms with E-state index >= 15 is 0 Å². The fraction of sp³-hybridized carbons (Fsp3) is 0.292. The van der Waals surface area contributed by atoms with Crippen molar-refractivity contribution in [1.82, 2.24) is 14.9 Å². The lowest BCUT2D eigenvalue weighted by Gasteiger charge is -2.32. The largest absolute Gasteiger partial charge is 0.454 e. The van der Waals surface area contributed by atoms with Crippen LogP contribution in [0, 0.1) is 5.92 Å². The second-order valence-corrected chi connectivity index (χ2v) is 7.78. The van der Waals surface area contributed by atoms with Gasteiger partial charge in [-0.15, -0.1) is 0 Å². The Kier molecular flexibility index (Phi) is 5.50. The number of hydrogen-bond acceptors (Lipinski definition) is 7. The Labute approximate surface area is 180 Å². The summed E-state index contributed by atoms with van der Waals surface area (Å²) in [6, 6.07) is 15.5. The second-order valence-electron chi connectivity index (χ2n) is 7.78. The molecule has 7 heteroatoms. The normalized spacial score (nSPS) is 18.0. The van der Waals surface area contributed by atoms with Crippen LogP contribution < -0.4 is 14.2 Å². The minimum Gasteiger partial charge on any atom is -0.454 e. The molecule has 0 N–H and O–H groups in total. The van der Waals surface area contributed by atoms with Crippen molar-refractivity contribution in [3.8, 4) is 23.3 Å². The predicted octanol–water partition coefficient (Wildman–Crippen LogP) is 4.09. The molecule has 31 heavy (non-hydrogen) atoms. The summed E-state index contributed by atoms with van der Waals surface area (Å²) < 4.78 is 16.4. The first kappa shape index (κ1) is 19.5. The summed E-state index contributed by atoms with van der Waals surface area (Å²) in [7, 11) is 0. The highest BCUT2D eigenvalue weighted by molar-refractivity contribution is 5.98. The van der Waals surface area contributed by atoms with E-state index in [1.165, 1.54) is 5.56 Å². The number of carbonyl (C=O) groups excluding carboxylic acids is 1. The summed E-state index contributed by atoms with van der Waals surface area (Å²) >= 11 is 0. The number of ketones is 1. The van der Waals surface area contributed by atoms with Crippen LogP contribution in [0.2, 0.25) is 0 Å². The van der Waals surface area contributed by atoms with Crippen LogP contribution in [0.15, 0.2) is 60.9 Å². The molecule has 5 rings (SSSR count). The van der Waals surface area contributed by atoms with Crippen molar-refractivity contribution < 1.29 is 19.0 Å². The number of aromatic nitrogens is 2. The molecule has 2 aliphatic rings. The van der Waals surface area contributed by atoms with Crippen LogP contribution in [-0.4, -0.2) is 40.5 Å². The molecule has 3 heterocycles. The predicted molar refractivity (Wildman–Crippen MR) is 113 cm³/mol. The van der Waals surface area contributed by atoms with Crippen molar-refractivity contribution in [3.63, 3.8) is 0 Å². The first-order chi connectivity index (χ1) is 15.2. The van der Waals surface area contributed by atoms with Crippen molar-refractivity contribution in [2.24, 2.45) is 5.92 Å². The molecule has 7 nitrogen and oxygen atoms in total. The molecular formula is C24H23N3O4. The van der Waals surface area contributed by atoms with Crippen LogP contribution in [0.4, 0.5) is 0 Å². The molecule has 1 aromatic heterocycles. The molecule has 1 atom stereocenters. The third-order valence-electron chi connectivity index (χ3n) is 5.61. The van der Waals surface area contributed by atoms with Crippen molar-refractivity contribution in [2.45, 2.75) is 19.4 Å². The summed E-state index contributed by atoms with van der Waals surface area (Å²) in [6.45, 7) is 2.75. The van der Waals surface area contributed by atoms with Crippen LogP contribution in [0.25, 0.3) is 0 Å². The third-order valence-corrected chi connectivity index (χ3v) is 5.61. The van der Waals surface area contributed by atoms with Crippen molar-refractivity contribution in [1.29, 1.82) is 0 Å². The van der Waals surface area contributed by atoms with Gasteiger partial charge in [0.1, 0.15) is 5.75 Å². The minimum absolute atomic E-state index is 0.00745. The van der Waals surface area contributed by atoms with E-state index in [9.17, 15) is 4.79 Å². The molecule has 158 valence electrons. The maximum Gasteiger partial charge on any atom is 0.321 e. The quantitative estimate of drug-likeness (QED) is 0.559. The zero-order chi connectivity index (χ0) is 21.0. The lowest BCUT2D eigenvalue weighted by Crippen LogP contribution is -2.38. The topological polar surface area (TPSA) is 73.8 Å². The summed E-state index contributed by atoms with van der Waals surface area (Å²) in [4.78, 5) is 23.5. The molecule has 0 radical (unpaired) electrons. The van der Waals surface area contributed by atoms with E-state index in [2.05, 4.69) is 14.9 Å². The standard InChI is InChI=1S/C24H23N3O4/c28-23(18-6-9-21-22(13-18)30-16-29-21)19-3-1-12-27(15-19)14-17-4-7-20(8-5-17)31-24-25-10-2-11-26-24/h2,4-11,13,19H,1,3,12,14-16H2. The van der Waals surface area contributed by atoms with Crippen LogP contribution in [0.3, 0.4) is 0 Å². The van der Waals surface area contributed by atoms with E-state index in [1.54, 1.807) is 24.5 Å². The molecule has 1 fully saturated rings. The van der Waals surface area contributed by atoms with Crippen LogP contribution >= 0.6 is 0 Å². The van der Waals surface area contributed by atoms with Gasteiger partial charge in [-0.3, -0.25) is 9.69 Å². The number of fused-ring (bicyclic) bond motifs is 1. The smallest absolute Gasteiger partial charge is 0.321 e. The Hall–Kier alpha value is -3.45. The average Bonchev–Trinajstić information content (AvgIpc) is 3.29. The molecular weight excluding hydrogens is 394 g/mol. The van der Waals surface area contributed by atoms with Gasteiger partial charge in [-0.05, 0) is 61.3 Å². The maximum absolute atomic E-state index is 13.1. The number of ether oxygens (including phenoxy) is 3. The number of Topliss-reactive ketones (excluding diaryl/α,β-unsaturated/α-hetero) is 1. The first-order valence-electron chi connectivity index (χ1n) is 10.4. The number of likely N-dealkylation sites (tertiary alicyclic amines) is 1. The van der Waals surface area contributed by atoms with Gasteiger partial charge in [-0.25, -0.2) is 9.97 Å². The summed E-state index contributed by atoms with van der Waals surface area (Å²) in [5.41, 5.74) is 1.87. The molecule has 0 amide bonds. The molecule has 0 saturated carbocycles. The van der Waals surface area contributed by atoms with E-state index in [0.717, 1.165) is 32.5 Å². The molecule has 1 unspecified atom stereocenters. The molecule has 1 saturated heterocycles. The summed E-state index contributed by atoms with van der Waals surface area (Å²) in [6.07, 6.45) is 5.21. The minimum atomic E-state index is -0.00745. The molecule has 2 aromatic carbocycles. The highest BCUT2D eigenvalue weighted by atomic mass is 16.7. The average molecular weight is 417 g/mol. The number of hydrogen-bond donors (Lipinski definition) is 0. The Morgan fingerprint density at radius 3 is 2.71 bits per heavy atom. The highest BCUT2D eigenvalue weighted by Gasteiger charge is 2.28. The fourth-order valence-electron chi connectivity index (χ4n) is 4.06. The van der Waals surface area contributed by atoms with Gasteiger partial charge >= 0.3 is 6.01 Å². The van der Waals surface area contributed by atoms with E-state index < -0.39 is 0 Å². The van der Waals surface area contributed by atoms with Gasteiger partial charge in [-0.1, -0.05) is 12.1 Å². The fourth-order valence-corrected chi connectivity index (χ4v) is 4.06. The lowest BCUT2D eigenvalue weighted by molar-refractivity contribution is 0.0811. The number of carbonyl (C=O) groups is 1. The second kappa shape index (κ2) is 8.73. The zero-order valence-corrected chi connectivity index (χ0v) is 17.1. The van der Waals surface area contributed by atoms with Gasteiger partial charge in [0.05, 0.1) is 0 Å². The Balaban J connectivity index is 1.20. The molecule has 0 aliphatic carbocycles. The number of rotatable bonds is 6.